The van der Waals surface area contributed by atoms with Gasteiger partial charge in [-0.05, 0) is 12.8 Å². The molecule has 0 unspecified atom stereocenters. The molecule has 0 heterocycles. The fraction of sp³-hybridized carbons (Fsp3) is 0.750. The summed E-state index contributed by atoms with van der Waals surface area (Å²) in [5, 5.41) is 4.71. The van der Waals surface area contributed by atoms with Gasteiger partial charge in [0.05, 0.1) is 0 Å². The first kappa shape index (κ1) is 14.9. The predicted molar refractivity (Wildman–Crippen MR) is 67.1 cm³/mol. The maximum atomic E-state index is 2.35. The molecule has 0 spiro atoms. The van der Waals surface area contributed by atoms with E-state index in [1.54, 1.807) is 0 Å². The van der Waals surface area contributed by atoms with Crippen molar-refractivity contribution in [2.75, 3.05) is 0 Å². The Kier molecular flexibility index (Phi) is 19.0. The molecule has 0 amide bonds. The molecule has 0 saturated carbocycles. The first-order valence-electron chi connectivity index (χ1n) is 3.95. The predicted octanol–water partition coefficient (Wildman–Crippen LogP) is 2.39. The van der Waals surface area contributed by atoms with Crippen LogP contribution in [0.1, 0.15) is 39.5 Å². The standard InChI is InChI=1S/C8H18S2.Na.H/c1-3-5-7-9-10-8-6-4-2;;/h7-10H,3-6H2,1-2H3;;. The SMILES string of the molecule is CCCC=[SH][SH]=CCCC.[NaH]. The number of hydrogen-bond donors (Lipinski definition) is 2. The first-order valence-corrected chi connectivity index (χ1v) is 6.58. The van der Waals surface area contributed by atoms with Crippen LogP contribution in [0.15, 0.2) is 0 Å². The average Bonchev–Trinajstić information content (AvgIpc) is 1.97. The summed E-state index contributed by atoms with van der Waals surface area (Å²) in [7, 11) is 2.95. The van der Waals surface area contributed by atoms with Gasteiger partial charge in [-0.3, -0.25) is 0 Å². The Bertz CT molecular complexity index is 96.7. The van der Waals surface area contributed by atoms with Crippen molar-refractivity contribution in [3.8, 4) is 0 Å². The quantitative estimate of drug-likeness (QED) is 0.291. The molecule has 0 rings (SSSR count). The Hall–Kier alpha value is 1.44. The van der Waals surface area contributed by atoms with E-state index in [1.165, 1.54) is 46.4 Å². The summed E-state index contributed by atoms with van der Waals surface area (Å²) < 4.78 is 0. The third-order valence-corrected chi connectivity index (χ3v) is 3.42. The van der Waals surface area contributed by atoms with Crippen LogP contribution >= 0.6 is 20.8 Å². The van der Waals surface area contributed by atoms with Gasteiger partial charge in [-0.1, -0.05) is 37.4 Å². The molecule has 0 aliphatic rings. The van der Waals surface area contributed by atoms with Crippen LogP contribution in [0, 0.1) is 0 Å². The first-order chi connectivity index (χ1) is 4.91. The van der Waals surface area contributed by atoms with Crippen molar-refractivity contribution in [1.29, 1.82) is 0 Å². The van der Waals surface area contributed by atoms with Gasteiger partial charge in [0.2, 0.25) is 0 Å². The molecule has 0 bridgehead atoms. The molecular weight excluding hydrogens is 183 g/mol. The van der Waals surface area contributed by atoms with Gasteiger partial charge in [-0.25, -0.2) is 0 Å². The monoisotopic (exact) mass is 202 g/mol. The molecule has 0 aromatic heterocycles. The maximum absolute atomic E-state index is 2.35. The molecule has 0 fully saturated rings. The van der Waals surface area contributed by atoms with Crippen LogP contribution in [0.4, 0.5) is 0 Å². The van der Waals surface area contributed by atoms with Crippen LogP contribution in [0.5, 0.6) is 0 Å². The number of thiol groups is 2. The van der Waals surface area contributed by atoms with Crippen LogP contribution < -0.4 is 0 Å². The molecule has 0 aromatic rings. The van der Waals surface area contributed by atoms with Gasteiger partial charge in [-0.15, -0.1) is 0 Å². The summed E-state index contributed by atoms with van der Waals surface area (Å²) >= 11 is 0. The van der Waals surface area contributed by atoms with E-state index in [0.717, 1.165) is 0 Å². The van der Waals surface area contributed by atoms with Gasteiger partial charge < -0.3 is 0 Å². The van der Waals surface area contributed by atoms with Crippen LogP contribution in [-0.2, 0) is 0 Å². The minimum atomic E-state index is 0. The van der Waals surface area contributed by atoms with E-state index in [-0.39, 0.29) is 29.6 Å². The van der Waals surface area contributed by atoms with E-state index in [9.17, 15) is 0 Å². The Balaban J connectivity index is 0. The number of rotatable bonds is 5. The van der Waals surface area contributed by atoms with Crippen molar-refractivity contribution in [3.63, 3.8) is 0 Å². The molecule has 0 aliphatic heterocycles. The molecule has 0 aromatic carbocycles. The van der Waals surface area contributed by atoms with Gasteiger partial charge >= 0.3 is 29.6 Å². The summed E-state index contributed by atoms with van der Waals surface area (Å²) in [6, 6.07) is 0. The summed E-state index contributed by atoms with van der Waals surface area (Å²) in [6.45, 7) is 4.44. The molecule has 0 aliphatic carbocycles. The summed E-state index contributed by atoms with van der Waals surface area (Å²) in [5.74, 6) is 0. The van der Waals surface area contributed by atoms with Gasteiger partial charge in [-0.2, -0.15) is 20.8 Å². The van der Waals surface area contributed by atoms with Crippen LogP contribution in [-0.4, -0.2) is 40.3 Å². The molecule has 0 radical (unpaired) electrons. The zero-order valence-corrected chi connectivity index (χ0v) is 8.67. The molecule has 11 heavy (non-hydrogen) atoms. The average molecular weight is 202 g/mol. The molecule has 0 N–H and O–H groups in total. The number of unbranched alkanes of at least 4 members (excludes halogenated alkanes) is 2. The van der Waals surface area contributed by atoms with E-state index in [4.69, 9.17) is 0 Å². The molecule has 0 saturated heterocycles. The topological polar surface area (TPSA) is 0 Å². The van der Waals surface area contributed by atoms with Gasteiger partial charge in [0.15, 0.2) is 0 Å². The second-order valence-electron chi connectivity index (χ2n) is 2.17. The third-order valence-electron chi connectivity index (χ3n) is 1.07. The van der Waals surface area contributed by atoms with E-state index >= 15 is 0 Å². The van der Waals surface area contributed by atoms with E-state index < -0.39 is 0 Å². The van der Waals surface area contributed by atoms with Crippen molar-refractivity contribution >= 4 is 61.1 Å². The fourth-order valence-corrected chi connectivity index (χ4v) is 2.66. The molecule has 0 nitrogen and oxygen atoms in total. The second kappa shape index (κ2) is 14.0. The van der Waals surface area contributed by atoms with Crippen LogP contribution in [0.25, 0.3) is 0 Å². The zero-order valence-electron chi connectivity index (χ0n) is 6.88. The van der Waals surface area contributed by atoms with Gasteiger partial charge in [0.1, 0.15) is 0 Å². The zero-order chi connectivity index (χ0) is 7.66. The van der Waals surface area contributed by atoms with Crippen molar-refractivity contribution in [2.45, 2.75) is 39.5 Å². The second-order valence-corrected chi connectivity index (χ2v) is 4.75. The minimum absolute atomic E-state index is 0. The third kappa shape index (κ3) is 14.3. The Morgan fingerprint density at radius 1 is 0.909 bits per heavy atom. The molecule has 3 heteroatoms. The van der Waals surface area contributed by atoms with E-state index in [2.05, 4.69) is 24.6 Å². The summed E-state index contributed by atoms with van der Waals surface area (Å²) in [4.78, 5) is 0. The Morgan fingerprint density at radius 3 is 1.55 bits per heavy atom. The molecule has 64 valence electrons. The number of hydrogen-bond acceptors (Lipinski definition) is 0. The van der Waals surface area contributed by atoms with Crippen molar-refractivity contribution in [2.24, 2.45) is 0 Å². The van der Waals surface area contributed by atoms with Gasteiger partial charge in [0, 0.05) is 0 Å². The van der Waals surface area contributed by atoms with Crippen molar-refractivity contribution in [3.05, 3.63) is 0 Å². The summed E-state index contributed by atoms with van der Waals surface area (Å²) in [5.41, 5.74) is 0. The Morgan fingerprint density at radius 2 is 1.27 bits per heavy atom. The fourth-order valence-electron chi connectivity index (χ4n) is 0.468. The normalized spacial score (nSPS) is 12.2. The van der Waals surface area contributed by atoms with Crippen molar-refractivity contribution < 1.29 is 0 Å². The van der Waals surface area contributed by atoms with Crippen molar-refractivity contribution in [1.82, 2.24) is 0 Å². The Labute approximate surface area is 99.8 Å². The summed E-state index contributed by atoms with van der Waals surface area (Å²) in [6.07, 6.45) is 5.12. The van der Waals surface area contributed by atoms with E-state index in [1.807, 2.05) is 0 Å². The van der Waals surface area contributed by atoms with Crippen LogP contribution in [0.3, 0.4) is 0 Å². The molecular formula is C8H19NaS2. The van der Waals surface area contributed by atoms with E-state index in [0.29, 0.717) is 0 Å². The molecule has 0 atom stereocenters. The van der Waals surface area contributed by atoms with Gasteiger partial charge in [0.25, 0.3) is 0 Å². The van der Waals surface area contributed by atoms with Crippen LogP contribution in [0.2, 0.25) is 0 Å².